The third-order valence-corrected chi connectivity index (χ3v) is 5.80. The molecule has 1 aromatic heterocycles. The lowest BCUT2D eigenvalue weighted by molar-refractivity contribution is 0.104. The van der Waals surface area contributed by atoms with Crippen molar-refractivity contribution in [2.24, 2.45) is 0 Å². The van der Waals surface area contributed by atoms with Crippen molar-refractivity contribution >= 4 is 45.5 Å². The molecule has 26 heavy (non-hydrogen) atoms. The van der Waals surface area contributed by atoms with Gasteiger partial charge in [0.05, 0.1) is 0 Å². The van der Waals surface area contributed by atoms with E-state index in [4.69, 9.17) is 5.73 Å². The Bertz CT molecular complexity index is 956. The Morgan fingerprint density at radius 1 is 1.15 bits per heavy atom. The Labute approximate surface area is 161 Å². The average Bonchev–Trinajstić information content (AvgIpc) is 2.94. The van der Waals surface area contributed by atoms with E-state index in [9.17, 15) is 4.79 Å². The molecule has 0 atom stereocenters. The number of nitrogen functional groups attached to an aromatic ring is 1. The van der Waals surface area contributed by atoms with Gasteiger partial charge in [0.1, 0.15) is 10.7 Å². The van der Waals surface area contributed by atoms with Gasteiger partial charge in [0.25, 0.3) is 0 Å². The molecule has 0 aliphatic heterocycles. The van der Waals surface area contributed by atoms with Crippen LogP contribution in [0.25, 0.3) is 0 Å². The summed E-state index contributed by atoms with van der Waals surface area (Å²) < 4.78 is 0. The Morgan fingerprint density at radius 3 is 2.50 bits per heavy atom. The van der Waals surface area contributed by atoms with Crippen LogP contribution in [0.4, 0.5) is 16.6 Å². The van der Waals surface area contributed by atoms with Gasteiger partial charge < -0.3 is 11.1 Å². The number of nitrogens with zero attached hydrogens (tertiary/aromatic N) is 1. The van der Waals surface area contributed by atoms with Gasteiger partial charge in [-0.15, -0.1) is 11.8 Å². The number of aromatic nitrogens is 1. The van der Waals surface area contributed by atoms with E-state index in [1.165, 1.54) is 11.3 Å². The Morgan fingerprint density at radius 2 is 1.85 bits per heavy atom. The van der Waals surface area contributed by atoms with Gasteiger partial charge in [-0.25, -0.2) is 4.98 Å². The van der Waals surface area contributed by atoms with Crippen LogP contribution in [0, 0.1) is 20.8 Å². The van der Waals surface area contributed by atoms with Crippen LogP contribution in [-0.2, 0) is 0 Å². The predicted molar refractivity (Wildman–Crippen MR) is 112 cm³/mol. The van der Waals surface area contributed by atoms with Gasteiger partial charge in [0.2, 0.25) is 5.78 Å². The van der Waals surface area contributed by atoms with Crippen molar-refractivity contribution in [2.45, 2.75) is 25.7 Å². The second-order valence-electron chi connectivity index (χ2n) is 6.19. The second kappa shape index (κ2) is 7.51. The quantitative estimate of drug-likeness (QED) is 0.459. The molecule has 0 saturated heterocycles. The first-order valence-corrected chi connectivity index (χ1v) is 10.2. The highest BCUT2D eigenvalue weighted by Gasteiger charge is 2.21. The van der Waals surface area contributed by atoms with Crippen LogP contribution < -0.4 is 11.1 Å². The summed E-state index contributed by atoms with van der Waals surface area (Å²) >= 11 is 2.96. The summed E-state index contributed by atoms with van der Waals surface area (Å²) in [5.74, 6) is 0.198. The fraction of sp³-hybridized carbons (Fsp3) is 0.200. The Kier molecular flexibility index (Phi) is 5.34. The number of thiazole rings is 1. The molecular weight excluding hydrogens is 362 g/mol. The van der Waals surface area contributed by atoms with Crippen molar-refractivity contribution in [3.05, 3.63) is 63.5 Å². The summed E-state index contributed by atoms with van der Waals surface area (Å²) in [4.78, 5) is 19.0. The number of carbonyl (C=O) groups excluding carboxylic acids is 1. The summed E-state index contributed by atoms with van der Waals surface area (Å²) in [6.07, 6.45) is 2.03. The zero-order chi connectivity index (χ0) is 18.8. The van der Waals surface area contributed by atoms with E-state index in [0.717, 1.165) is 27.3 Å². The van der Waals surface area contributed by atoms with Gasteiger partial charge in [0.15, 0.2) is 5.13 Å². The van der Waals surface area contributed by atoms with Gasteiger partial charge >= 0.3 is 0 Å². The number of benzene rings is 2. The number of nitrogens with two attached hydrogens (primary N) is 1. The monoisotopic (exact) mass is 383 g/mol. The maximum absolute atomic E-state index is 13.0. The van der Waals surface area contributed by atoms with Crippen molar-refractivity contribution in [1.29, 1.82) is 0 Å². The van der Waals surface area contributed by atoms with Crippen LogP contribution in [0.3, 0.4) is 0 Å². The molecule has 0 bridgehead atoms. The van der Waals surface area contributed by atoms with E-state index < -0.39 is 0 Å². The van der Waals surface area contributed by atoms with Crippen LogP contribution in [0.15, 0.2) is 41.3 Å². The summed E-state index contributed by atoms with van der Waals surface area (Å²) in [6, 6.07) is 12.1. The summed E-state index contributed by atoms with van der Waals surface area (Å²) in [6.45, 7) is 5.94. The minimum Gasteiger partial charge on any atom is -0.382 e. The normalized spacial score (nSPS) is 10.8. The molecule has 0 unspecified atom stereocenters. The van der Waals surface area contributed by atoms with Crippen molar-refractivity contribution in [2.75, 3.05) is 17.3 Å². The lowest BCUT2D eigenvalue weighted by Crippen LogP contribution is -2.07. The molecule has 0 amide bonds. The number of thioether (sulfide) groups is 1. The van der Waals surface area contributed by atoms with Gasteiger partial charge in [-0.2, -0.15) is 0 Å². The number of aryl methyl sites for hydroxylation is 3. The Balaban J connectivity index is 1.92. The molecule has 3 aromatic rings. The number of hydrogen-bond acceptors (Lipinski definition) is 6. The zero-order valence-electron chi connectivity index (χ0n) is 15.2. The lowest BCUT2D eigenvalue weighted by Gasteiger charge is -2.09. The molecule has 4 nitrogen and oxygen atoms in total. The number of nitrogens with one attached hydrogen (secondary N) is 1. The van der Waals surface area contributed by atoms with Crippen molar-refractivity contribution in [3.63, 3.8) is 0 Å². The fourth-order valence-electron chi connectivity index (χ4n) is 3.02. The van der Waals surface area contributed by atoms with Crippen LogP contribution in [0.2, 0.25) is 0 Å². The molecule has 0 fully saturated rings. The van der Waals surface area contributed by atoms with Crippen molar-refractivity contribution in [1.82, 2.24) is 4.98 Å². The first-order valence-electron chi connectivity index (χ1n) is 8.19. The van der Waals surface area contributed by atoms with Crippen molar-refractivity contribution in [3.8, 4) is 0 Å². The fourth-order valence-corrected chi connectivity index (χ4v) is 4.33. The zero-order valence-corrected chi connectivity index (χ0v) is 16.8. The average molecular weight is 384 g/mol. The summed E-state index contributed by atoms with van der Waals surface area (Å²) in [5, 5.41) is 3.86. The molecule has 0 aliphatic carbocycles. The molecule has 3 N–H and O–H groups in total. The first-order chi connectivity index (χ1) is 12.4. The maximum Gasteiger partial charge on any atom is 0.207 e. The standard InChI is InChI=1S/C20H21N3OS2/c1-11-8-12(2)16(13(3)9-11)17(24)18-19(21)23-20(26-18)22-14-6-5-7-15(10-14)25-4/h5-10H,21H2,1-4H3,(H,22,23). The molecule has 0 aliphatic rings. The molecule has 0 spiro atoms. The summed E-state index contributed by atoms with van der Waals surface area (Å²) in [7, 11) is 0. The van der Waals surface area contributed by atoms with E-state index in [-0.39, 0.29) is 11.6 Å². The van der Waals surface area contributed by atoms with E-state index in [2.05, 4.69) is 10.3 Å². The van der Waals surface area contributed by atoms with E-state index >= 15 is 0 Å². The van der Waals surface area contributed by atoms with Gasteiger partial charge in [-0.1, -0.05) is 35.1 Å². The molecule has 134 valence electrons. The van der Waals surface area contributed by atoms with E-state index in [1.54, 1.807) is 11.8 Å². The third kappa shape index (κ3) is 3.76. The topological polar surface area (TPSA) is 68.0 Å². The van der Waals surface area contributed by atoms with Crippen LogP contribution in [0.5, 0.6) is 0 Å². The van der Waals surface area contributed by atoms with E-state index in [0.29, 0.717) is 15.6 Å². The highest BCUT2D eigenvalue weighted by Crippen LogP contribution is 2.32. The molecule has 0 saturated carbocycles. The lowest BCUT2D eigenvalue weighted by atomic mass is 9.96. The number of hydrogen-bond donors (Lipinski definition) is 2. The van der Waals surface area contributed by atoms with Gasteiger partial charge in [-0.3, -0.25) is 4.79 Å². The molecule has 1 heterocycles. The first kappa shape index (κ1) is 18.5. The predicted octanol–water partition coefficient (Wildman–Crippen LogP) is 5.35. The van der Waals surface area contributed by atoms with Crippen LogP contribution >= 0.6 is 23.1 Å². The number of carbonyl (C=O) groups is 1. The van der Waals surface area contributed by atoms with Crippen LogP contribution in [0.1, 0.15) is 31.9 Å². The Hall–Kier alpha value is -2.31. The number of rotatable bonds is 5. The molecular formula is C20H21N3OS2. The highest BCUT2D eigenvalue weighted by atomic mass is 32.2. The molecule has 0 radical (unpaired) electrons. The summed E-state index contributed by atoms with van der Waals surface area (Å²) in [5.41, 5.74) is 10.8. The van der Waals surface area contributed by atoms with E-state index in [1.807, 2.05) is 63.4 Å². The molecule has 3 rings (SSSR count). The van der Waals surface area contributed by atoms with Crippen molar-refractivity contribution < 1.29 is 4.79 Å². The minimum absolute atomic E-state index is 0.0686. The second-order valence-corrected chi connectivity index (χ2v) is 8.07. The maximum atomic E-state index is 13.0. The minimum atomic E-state index is -0.0686. The number of anilines is 3. The third-order valence-electron chi connectivity index (χ3n) is 4.08. The smallest absolute Gasteiger partial charge is 0.207 e. The van der Waals surface area contributed by atoms with Gasteiger partial charge in [0, 0.05) is 16.1 Å². The molecule has 6 heteroatoms. The number of ketones is 1. The largest absolute Gasteiger partial charge is 0.382 e. The highest BCUT2D eigenvalue weighted by molar-refractivity contribution is 7.98. The van der Waals surface area contributed by atoms with Gasteiger partial charge in [-0.05, 0) is 56.4 Å². The SMILES string of the molecule is CSc1cccc(Nc2nc(N)c(C(=O)c3c(C)cc(C)cc3C)s2)c1. The van der Waals surface area contributed by atoms with Crippen LogP contribution in [-0.4, -0.2) is 17.0 Å². The molecule has 2 aromatic carbocycles.